The van der Waals surface area contributed by atoms with E-state index in [0.29, 0.717) is 6.04 Å². The highest BCUT2D eigenvalue weighted by molar-refractivity contribution is 4.79. The summed E-state index contributed by atoms with van der Waals surface area (Å²) in [6.07, 6.45) is 3.88. The summed E-state index contributed by atoms with van der Waals surface area (Å²) in [6, 6.07) is 0.686. The molecule has 3 nitrogen and oxygen atoms in total. The number of hydrogen-bond acceptors (Lipinski definition) is 3. The Kier molecular flexibility index (Phi) is 7.82. The fourth-order valence-corrected chi connectivity index (χ4v) is 2.70. The topological polar surface area (TPSA) is 24.5 Å². The van der Waals surface area contributed by atoms with E-state index in [1.54, 1.807) is 0 Å². The number of hydrogen-bond donors (Lipinski definition) is 1. The number of rotatable bonds is 8. The first-order chi connectivity index (χ1) is 8.27. The molecule has 1 aliphatic rings. The molecule has 0 bridgehead atoms. The van der Waals surface area contributed by atoms with E-state index >= 15 is 0 Å². The second-order valence-corrected chi connectivity index (χ2v) is 5.08. The Morgan fingerprint density at radius 3 is 2.59 bits per heavy atom. The predicted molar refractivity (Wildman–Crippen MR) is 73.4 cm³/mol. The van der Waals surface area contributed by atoms with Crippen molar-refractivity contribution in [3.63, 3.8) is 0 Å². The van der Waals surface area contributed by atoms with Gasteiger partial charge in [0.1, 0.15) is 0 Å². The number of likely N-dealkylation sites (tertiary alicyclic amines) is 1. The average Bonchev–Trinajstić information content (AvgIpc) is 2.36. The molecule has 1 fully saturated rings. The molecule has 1 saturated heterocycles. The van der Waals surface area contributed by atoms with Gasteiger partial charge in [0.05, 0.1) is 0 Å². The van der Waals surface area contributed by atoms with Crippen LogP contribution in [0.2, 0.25) is 0 Å². The van der Waals surface area contributed by atoms with E-state index in [-0.39, 0.29) is 0 Å². The minimum absolute atomic E-state index is 0.686. The monoisotopic (exact) mass is 242 g/mol. The highest BCUT2D eigenvalue weighted by atomic mass is 16.5. The second kappa shape index (κ2) is 8.90. The summed E-state index contributed by atoms with van der Waals surface area (Å²) < 4.78 is 5.38. The maximum atomic E-state index is 5.38. The highest BCUT2D eigenvalue weighted by Gasteiger charge is 2.22. The van der Waals surface area contributed by atoms with Crippen LogP contribution in [0.25, 0.3) is 0 Å². The molecule has 0 aromatic heterocycles. The van der Waals surface area contributed by atoms with Gasteiger partial charge in [0.25, 0.3) is 0 Å². The van der Waals surface area contributed by atoms with Crippen LogP contribution in [0, 0.1) is 5.92 Å². The first-order valence-corrected chi connectivity index (χ1v) is 7.31. The summed E-state index contributed by atoms with van der Waals surface area (Å²) >= 11 is 0. The van der Waals surface area contributed by atoms with E-state index in [9.17, 15) is 0 Å². The summed E-state index contributed by atoms with van der Waals surface area (Å²) in [4.78, 5) is 2.59. The Balaban J connectivity index is 2.08. The molecule has 0 aromatic carbocycles. The van der Waals surface area contributed by atoms with Crippen LogP contribution in [-0.2, 0) is 4.74 Å². The van der Waals surface area contributed by atoms with E-state index in [2.05, 4.69) is 31.0 Å². The molecule has 1 rings (SSSR count). The number of piperidine rings is 1. The van der Waals surface area contributed by atoms with Gasteiger partial charge >= 0.3 is 0 Å². The van der Waals surface area contributed by atoms with Crippen LogP contribution < -0.4 is 5.32 Å². The van der Waals surface area contributed by atoms with Gasteiger partial charge in [0.15, 0.2) is 0 Å². The van der Waals surface area contributed by atoms with Crippen molar-refractivity contribution in [2.45, 2.75) is 46.1 Å². The van der Waals surface area contributed by atoms with E-state index in [1.807, 2.05) is 0 Å². The minimum Gasteiger partial charge on any atom is -0.382 e. The molecule has 0 saturated carbocycles. The van der Waals surface area contributed by atoms with Gasteiger partial charge in [-0.25, -0.2) is 0 Å². The summed E-state index contributed by atoms with van der Waals surface area (Å²) in [5, 5.41) is 3.55. The zero-order valence-corrected chi connectivity index (χ0v) is 11.9. The highest BCUT2D eigenvalue weighted by Crippen LogP contribution is 2.20. The van der Waals surface area contributed by atoms with Gasteiger partial charge in [-0.15, -0.1) is 0 Å². The second-order valence-electron chi connectivity index (χ2n) is 5.08. The van der Waals surface area contributed by atoms with Crippen LogP contribution in [0.4, 0.5) is 0 Å². The van der Waals surface area contributed by atoms with Crippen molar-refractivity contribution >= 4 is 0 Å². The molecular weight excluding hydrogens is 212 g/mol. The maximum absolute atomic E-state index is 5.38. The van der Waals surface area contributed by atoms with Gasteiger partial charge in [0, 0.05) is 25.8 Å². The molecule has 1 aliphatic heterocycles. The van der Waals surface area contributed by atoms with Crippen molar-refractivity contribution in [2.24, 2.45) is 5.92 Å². The number of nitrogens with one attached hydrogen (secondary N) is 1. The standard InChI is InChI=1S/C14H30N2O/c1-4-15-13(3)14-7-10-16(11-8-14)9-6-12-17-5-2/h13-15H,4-12H2,1-3H3. The van der Waals surface area contributed by atoms with Crippen molar-refractivity contribution in [1.82, 2.24) is 10.2 Å². The zero-order valence-electron chi connectivity index (χ0n) is 11.9. The predicted octanol–water partition coefficient (Wildman–Crippen LogP) is 2.12. The summed E-state index contributed by atoms with van der Waals surface area (Å²) in [5.41, 5.74) is 0. The Morgan fingerprint density at radius 1 is 1.29 bits per heavy atom. The molecule has 1 N–H and O–H groups in total. The third kappa shape index (κ3) is 5.84. The van der Waals surface area contributed by atoms with Crippen LogP contribution in [0.5, 0.6) is 0 Å². The lowest BCUT2D eigenvalue weighted by molar-refractivity contribution is 0.116. The van der Waals surface area contributed by atoms with Gasteiger partial charge in [-0.3, -0.25) is 0 Å². The van der Waals surface area contributed by atoms with Crippen molar-refractivity contribution in [2.75, 3.05) is 39.4 Å². The Labute approximate surface area is 107 Å². The van der Waals surface area contributed by atoms with E-state index in [1.165, 1.54) is 38.9 Å². The average molecular weight is 242 g/mol. The lowest BCUT2D eigenvalue weighted by Crippen LogP contribution is -2.42. The largest absolute Gasteiger partial charge is 0.382 e. The lowest BCUT2D eigenvalue weighted by atomic mass is 9.90. The third-order valence-electron chi connectivity index (χ3n) is 3.83. The molecule has 0 aromatic rings. The van der Waals surface area contributed by atoms with Gasteiger partial charge < -0.3 is 15.0 Å². The summed E-state index contributed by atoms with van der Waals surface area (Å²) in [7, 11) is 0. The van der Waals surface area contributed by atoms with E-state index < -0.39 is 0 Å². The molecule has 0 radical (unpaired) electrons. The first-order valence-electron chi connectivity index (χ1n) is 7.31. The van der Waals surface area contributed by atoms with Crippen molar-refractivity contribution < 1.29 is 4.74 Å². The summed E-state index contributed by atoms with van der Waals surface area (Å²) in [5.74, 6) is 0.873. The first kappa shape index (κ1) is 14.9. The molecule has 1 heterocycles. The molecular formula is C14H30N2O. The lowest BCUT2D eigenvalue weighted by Gasteiger charge is -2.35. The zero-order chi connectivity index (χ0) is 12.5. The van der Waals surface area contributed by atoms with Crippen molar-refractivity contribution in [1.29, 1.82) is 0 Å². The van der Waals surface area contributed by atoms with Gasteiger partial charge in [-0.1, -0.05) is 6.92 Å². The molecule has 1 unspecified atom stereocenters. The van der Waals surface area contributed by atoms with Crippen LogP contribution in [0.1, 0.15) is 40.0 Å². The SMILES string of the molecule is CCNC(C)C1CCN(CCCOCC)CC1. The third-order valence-corrected chi connectivity index (χ3v) is 3.83. The van der Waals surface area contributed by atoms with Gasteiger partial charge in [-0.2, -0.15) is 0 Å². The molecule has 0 spiro atoms. The Bertz CT molecular complexity index is 179. The van der Waals surface area contributed by atoms with E-state index in [0.717, 1.165) is 25.7 Å². The van der Waals surface area contributed by atoms with Gasteiger partial charge in [-0.05, 0) is 58.7 Å². The van der Waals surface area contributed by atoms with Crippen LogP contribution in [0.3, 0.4) is 0 Å². The number of ether oxygens (including phenoxy) is 1. The van der Waals surface area contributed by atoms with Crippen LogP contribution in [0.15, 0.2) is 0 Å². The smallest absolute Gasteiger partial charge is 0.0478 e. The quantitative estimate of drug-likeness (QED) is 0.660. The fourth-order valence-electron chi connectivity index (χ4n) is 2.70. The molecule has 1 atom stereocenters. The fraction of sp³-hybridized carbons (Fsp3) is 1.00. The minimum atomic E-state index is 0.686. The molecule has 17 heavy (non-hydrogen) atoms. The molecule has 102 valence electrons. The van der Waals surface area contributed by atoms with Crippen LogP contribution >= 0.6 is 0 Å². The molecule has 3 heteroatoms. The van der Waals surface area contributed by atoms with Gasteiger partial charge in [0.2, 0.25) is 0 Å². The molecule has 0 aliphatic carbocycles. The van der Waals surface area contributed by atoms with Crippen LogP contribution in [-0.4, -0.2) is 50.3 Å². The normalized spacial score (nSPS) is 20.6. The Morgan fingerprint density at radius 2 is 2.00 bits per heavy atom. The van der Waals surface area contributed by atoms with Crippen molar-refractivity contribution in [3.8, 4) is 0 Å². The molecule has 0 amide bonds. The Hall–Kier alpha value is -0.120. The summed E-state index contributed by atoms with van der Waals surface area (Å²) in [6.45, 7) is 13.2. The van der Waals surface area contributed by atoms with E-state index in [4.69, 9.17) is 4.74 Å². The number of nitrogens with zero attached hydrogens (tertiary/aromatic N) is 1. The maximum Gasteiger partial charge on any atom is 0.0478 e. The van der Waals surface area contributed by atoms with Crippen molar-refractivity contribution in [3.05, 3.63) is 0 Å².